The van der Waals surface area contributed by atoms with Gasteiger partial charge in [-0.25, -0.2) is 0 Å². The molecule has 7 heteroatoms. The summed E-state index contributed by atoms with van der Waals surface area (Å²) in [7, 11) is 1.18. The molecule has 0 spiro atoms. The molecule has 2 unspecified atom stereocenters. The number of benzene rings is 1. The molecule has 2 aliphatic rings. The molecule has 0 fully saturated rings. The third kappa shape index (κ3) is 2.33. The number of fused-ring (bicyclic) bond motifs is 2. The molecule has 0 aliphatic carbocycles. The highest BCUT2D eigenvalue weighted by Gasteiger charge is 2.52. The van der Waals surface area contributed by atoms with E-state index in [0.29, 0.717) is 5.57 Å². The van der Waals surface area contributed by atoms with Crippen molar-refractivity contribution in [3.8, 4) is 11.5 Å². The summed E-state index contributed by atoms with van der Waals surface area (Å²) in [6.07, 6.45) is -1.07. The van der Waals surface area contributed by atoms with Crippen LogP contribution in [0.5, 0.6) is 11.5 Å². The van der Waals surface area contributed by atoms with Gasteiger partial charge in [-0.15, -0.1) is 0 Å². The summed E-state index contributed by atoms with van der Waals surface area (Å²) in [6.45, 7) is 1.58. The minimum atomic E-state index is -1.25. The van der Waals surface area contributed by atoms with Crippen LogP contribution in [0.25, 0.3) is 0 Å². The first-order valence-corrected chi connectivity index (χ1v) is 7.06. The SMILES string of the molecule is COC(=O)[C@H]1C2C(=O)c3c(O)cccc3OC2OC=C(C)[C@H]1O. The molecular weight excluding hydrogens is 304 g/mol. The van der Waals surface area contributed by atoms with Crippen molar-refractivity contribution in [1.82, 2.24) is 0 Å². The van der Waals surface area contributed by atoms with Crippen molar-refractivity contribution in [2.45, 2.75) is 19.3 Å². The number of methoxy groups -OCH3 is 1. The molecule has 122 valence electrons. The number of carbonyl (C=O) groups is 2. The molecule has 4 atom stereocenters. The number of phenolic OH excluding ortho intramolecular Hbond substituents is 1. The molecule has 2 N–H and O–H groups in total. The number of hydrogen-bond donors (Lipinski definition) is 2. The Hall–Kier alpha value is -2.54. The molecule has 23 heavy (non-hydrogen) atoms. The van der Waals surface area contributed by atoms with Crippen LogP contribution in [-0.4, -0.2) is 41.5 Å². The highest BCUT2D eigenvalue weighted by molar-refractivity contribution is 6.05. The zero-order valence-electron chi connectivity index (χ0n) is 12.6. The quantitative estimate of drug-likeness (QED) is 0.744. The van der Waals surface area contributed by atoms with E-state index in [2.05, 4.69) is 0 Å². The first-order valence-electron chi connectivity index (χ1n) is 7.06. The number of ketones is 1. The van der Waals surface area contributed by atoms with Crippen molar-refractivity contribution < 1.29 is 34.0 Å². The van der Waals surface area contributed by atoms with E-state index in [-0.39, 0.29) is 17.1 Å². The number of rotatable bonds is 1. The molecule has 1 aromatic carbocycles. The number of aromatic hydroxyl groups is 1. The Labute approximate surface area is 132 Å². The van der Waals surface area contributed by atoms with E-state index >= 15 is 0 Å². The summed E-state index contributed by atoms with van der Waals surface area (Å²) < 4.78 is 15.8. The molecule has 7 nitrogen and oxygen atoms in total. The summed E-state index contributed by atoms with van der Waals surface area (Å²) in [5.74, 6) is -3.69. The summed E-state index contributed by atoms with van der Waals surface area (Å²) in [6, 6.07) is 4.41. The van der Waals surface area contributed by atoms with Crippen molar-refractivity contribution >= 4 is 11.8 Å². The third-order valence-electron chi connectivity index (χ3n) is 4.14. The smallest absolute Gasteiger partial charge is 0.312 e. The van der Waals surface area contributed by atoms with Gasteiger partial charge in [-0.05, 0) is 24.6 Å². The lowest BCUT2D eigenvalue weighted by Gasteiger charge is -2.34. The standard InChI is InChI=1S/C16H16O7/c1-7-6-22-16-12(11(13(7)18)15(20)21-2)14(19)10-8(17)4-3-5-9(10)23-16/h3-6,11-13,16-18H,1-2H3/t11-,12?,13+,16?/m0/s1. The number of ether oxygens (including phenoxy) is 3. The Balaban J connectivity index is 2.12. The maximum absolute atomic E-state index is 12.8. The number of carbonyl (C=O) groups excluding carboxylic acids is 2. The van der Waals surface area contributed by atoms with Crippen LogP contribution in [0.2, 0.25) is 0 Å². The molecule has 0 amide bonds. The van der Waals surface area contributed by atoms with E-state index in [9.17, 15) is 19.8 Å². The maximum Gasteiger partial charge on any atom is 0.312 e. The van der Waals surface area contributed by atoms with Crippen LogP contribution in [0, 0.1) is 11.8 Å². The van der Waals surface area contributed by atoms with E-state index in [4.69, 9.17) is 14.2 Å². The Bertz CT molecular complexity index is 694. The fourth-order valence-corrected chi connectivity index (χ4v) is 2.93. The average Bonchev–Trinajstić information content (AvgIpc) is 2.65. The van der Waals surface area contributed by atoms with Gasteiger partial charge < -0.3 is 24.4 Å². The number of phenols is 1. The minimum absolute atomic E-state index is 0.0296. The van der Waals surface area contributed by atoms with Gasteiger partial charge in [0.2, 0.25) is 0 Å². The van der Waals surface area contributed by atoms with Gasteiger partial charge in [0, 0.05) is 0 Å². The topological polar surface area (TPSA) is 102 Å². The fraction of sp³-hybridized carbons (Fsp3) is 0.375. The lowest BCUT2D eigenvalue weighted by Crippen LogP contribution is -2.48. The average molecular weight is 320 g/mol. The number of esters is 1. The van der Waals surface area contributed by atoms with Gasteiger partial charge in [-0.1, -0.05) is 6.07 Å². The van der Waals surface area contributed by atoms with Gasteiger partial charge in [-0.2, -0.15) is 0 Å². The Morgan fingerprint density at radius 2 is 2.09 bits per heavy atom. The largest absolute Gasteiger partial charge is 0.507 e. The highest BCUT2D eigenvalue weighted by atomic mass is 16.7. The molecule has 0 saturated heterocycles. The number of aliphatic hydroxyl groups is 1. The van der Waals surface area contributed by atoms with E-state index in [1.54, 1.807) is 6.92 Å². The summed E-state index contributed by atoms with van der Waals surface area (Å²) in [5.41, 5.74) is 0.345. The molecule has 0 radical (unpaired) electrons. The van der Waals surface area contributed by atoms with Crippen molar-refractivity contribution in [3.63, 3.8) is 0 Å². The van der Waals surface area contributed by atoms with Gasteiger partial charge in [-0.3, -0.25) is 9.59 Å². The monoisotopic (exact) mass is 320 g/mol. The molecule has 1 aromatic rings. The van der Waals surface area contributed by atoms with Crippen LogP contribution in [0.1, 0.15) is 17.3 Å². The summed E-state index contributed by atoms with van der Waals surface area (Å²) >= 11 is 0. The molecule has 0 saturated carbocycles. The highest BCUT2D eigenvalue weighted by Crippen LogP contribution is 2.42. The fourth-order valence-electron chi connectivity index (χ4n) is 2.93. The second-order valence-electron chi connectivity index (χ2n) is 5.52. The molecule has 0 aromatic heterocycles. The van der Waals surface area contributed by atoms with Crippen LogP contribution in [0.4, 0.5) is 0 Å². The van der Waals surface area contributed by atoms with Crippen LogP contribution in [-0.2, 0) is 14.3 Å². The zero-order valence-corrected chi connectivity index (χ0v) is 12.6. The van der Waals surface area contributed by atoms with Gasteiger partial charge in [0.05, 0.1) is 19.5 Å². The van der Waals surface area contributed by atoms with E-state index in [1.165, 1.54) is 31.6 Å². The zero-order chi connectivity index (χ0) is 16.7. The number of hydrogen-bond acceptors (Lipinski definition) is 7. The van der Waals surface area contributed by atoms with Crippen molar-refractivity contribution in [2.75, 3.05) is 7.11 Å². The predicted molar refractivity (Wildman–Crippen MR) is 76.7 cm³/mol. The van der Waals surface area contributed by atoms with Gasteiger partial charge in [0.1, 0.15) is 28.9 Å². The van der Waals surface area contributed by atoms with E-state index < -0.39 is 36.0 Å². The first kappa shape index (κ1) is 15.4. The number of Topliss-reactive ketones (excluding diaryl/α,β-unsaturated/α-hetero) is 1. The van der Waals surface area contributed by atoms with Crippen LogP contribution < -0.4 is 4.74 Å². The van der Waals surface area contributed by atoms with Crippen LogP contribution in [0.15, 0.2) is 30.0 Å². The number of aliphatic hydroxyl groups excluding tert-OH is 1. The van der Waals surface area contributed by atoms with Crippen molar-refractivity contribution in [2.24, 2.45) is 11.8 Å². The van der Waals surface area contributed by atoms with Crippen LogP contribution >= 0.6 is 0 Å². The normalized spacial score (nSPS) is 29.2. The van der Waals surface area contributed by atoms with Crippen LogP contribution in [0.3, 0.4) is 0 Å². The maximum atomic E-state index is 12.8. The van der Waals surface area contributed by atoms with Gasteiger partial charge in [0.15, 0.2) is 5.78 Å². The Morgan fingerprint density at radius 1 is 1.35 bits per heavy atom. The molecule has 2 aliphatic heterocycles. The predicted octanol–water partition coefficient (Wildman–Crippen LogP) is 0.994. The molecular formula is C16H16O7. The lowest BCUT2D eigenvalue weighted by molar-refractivity contribution is -0.157. The minimum Gasteiger partial charge on any atom is -0.507 e. The molecule has 3 rings (SSSR count). The third-order valence-corrected chi connectivity index (χ3v) is 4.14. The Morgan fingerprint density at radius 3 is 2.78 bits per heavy atom. The lowest BCUT2D eigenvalue weighted by atomic mass is 9.78. The van der Waals surface area contributed by atoms with Crippen molar-refractivity contribution in [1.29, 1.82) is 0 Å². The Kier molecular flexibility index (Phi) is 3.73. The second-order valence-corrected chi connectivity index (χ2v) is 5.52. The van der Waals surface area contributed by atoms with Gasteiger partial charge in [0.25, 0.3) is 6.29 Å². The van der Waals surface area contributed by atoms with E-state index in [0.717, 1.165) is 0 Å². The van der Waals surface area contributed by atoms with E-state index in [1.807, 2.05) is 0 Å². The molecule has 0 bridgehead atoms. The first-order chi connectivity index (χ1) is 11.0. The second kappa shape index (κ2) is 5.58. The van der Waals surface area contributed by atoms with Crippen molar-refractivity contribution in [3.05, 3.63) is 35.6 Å². The van der Waals surface area contributed by atoms with Gasteiger partial charge >= 0.3 is 5.97 Å². The summed E-state index contributed by atoms with van der Waals surface area (Å²) in [4.78, 5) is 25.0. The summed E-state index contributed by atoms with van der Waals surface area (Å²) in [5, 5.41) is 20.3. The molecule has 2 heterocycles.